The van der Waals surface area contributed by atoms with Gasteiger partial charge in [-0.2, -0.15) is 0 Å². The van der Waals surface area contributed by atoms with Crippen LogP contribution in [0.15, 0.2) is 59.2 Å². The van der Waals surface area contributed by atoms with Crippen molar-refractivity contribution in [3.8, 4) is 0 Å². The predicted octanol–water partition coefficient (Wildman–Crippen LogP) is 10.5. The van der Waals surface area contributed by atoms with Crippen LogP contribution in [0, 0.1) is 0 Å². The van der Waals surface area contributed by atoms with Crippen molar-refractivity contribution in [2.24, 2.45) is 4.63 Å². The van der Waals surface area contributed by atoms with Gasteiger partial charge in [-0.1, -0.05) is 179 Å². The third-order valence-corrected chi connectivity index (χ3v) is 10.8. The summed E-state index contributed by atoms with van der Waals surface area (Å²) in [7, 11) is -1.80. The summed E-state index contributed by atoms with van der Waals surface area (Å²) in [5.74, 6) is 0. The summed E-state index contributed by atoms with van der Waals surface area (Å²) in [4.78, 5) is 5.83. The van der Waals surface area contributed by atoms with E-state index in [4.69, 9.17) is 14.4 Å². The largest absolute Gasteiger partial charge is 1.00 e. The molecule has 0 saturated carbocycles. The standard InChI is InChI=1S/C42H63N2Si.C4H10O.Li/c1-37(2,3)28-24-31(39(7,8)9)35(32(25-28)40(10,11)12)43-45(30-22-20-19-21-23-30)44-36-33(41(13,14)15)26-29(38(4,5)6)27-34(36)42(16,17)18;1-3-5-4-2;/h19-27H,1-18H3;3-4H2,1-2H3;/q-1;;+1. The van der Waals surface area contributed by atoms with E-state index >= 15 is 0 Å². The van der Waals surface area contributed by atoms with Crippen molar-refractivity contribution in [1.82, 2.24) is 0 Å². The molecule has 5 heteroatoms. The molecule has 3 aromatic carbocycles. The molecular formula is C46H73LiN2OSi. The first kappa shape index (κ1) is 47.1. The molecule has 3 rings (SSSR count). The molecule has 0 spiro atoms. The zero-order valence-electron chi connectivity index (χ0n) is 36.9. The molecule has 51 heavy (non-hydrogen) atoms. The van der Waals surface area contributed by atoms with Gasteiger partial charge >= 0.3 is 18.9 Å². The Labute approximate surface area is 329 Å². The summed E-state index contributed by atoms with van der Waals surface area (Å²) in [6.07, 6.45) is 0. The third kappa shape index (κ3) is 13.1. The minimum absolute atomic E-state index is 0. The Hall–Kier alpha value is -1.97. The van der Waals surface area contributed by atoms with Crippen LogP contribution < -0.4 is 24.0 Å². The van der Waals surface area contributed by atoms with E-state index in [1.807, 2.05) is 13.8 Å². The van der Waals surface area contributed by atoms with Gasteiger partial charge in [0.2, 0.25) is 0 Å². The van der Waals surface area contributed by atoms with Gasteiger partial charge in [-0.3, -0.25) is 0 Å². The second-order valence-electron chi connectivity index (χ2n) is 20.0. The van der Waals surface area contributed by atoms with Crippen molar-refractivity contribution in [1.29, 1.82) is 0 Å². The first-order chi connectivity index (χ1) is 22.5. The molecule has 0 aliphatic carbocycles. The number of hydrogen-bond donors (Lipinski definition) is 0. The average molecular weight is 705 g/mol. The van der Waals surface area contributed by atoms with Gasteiger partial charge in [-0.05, 0) is 96.3 Å². The zero-order chi connectivity index (χ0) is 38.7. The Morgan fingerprint density at radius 2 is 0.843 bits per heavy atom. The molecule has 0 aliphatic heterocycles. The minimum Gasteiger partial charge on any atom is -0.452 e. The number of nitrogens with zero attached hydrogens (tertiary/aromatic N) is 2. The van der Waals surface area contributed by atoms with Crippen molar-refractivity contribution in [2.75, 3.05) is 13.2 Å². The number of rotatable bonds is 6. The van der Waals surface area contributed by atoms with E-state index in [0.29, 0.717) is 0 Å². The summed E-state index contributed by atoms with van der Waals surface area (Å²) in [5.41, 5.74) is 9.99. The van der Waals surface area contributed by atoms with E-state index in [1.165, 1.54) is 38.6 Å². The molecule has 3 nitrogen and oxygen atoms in total. The second-order valence-corrected chi connectivity index (χ2v) is 21.7. The minimum atomic E-state index is -1.80. The smallest absolute Gasteiger partial charge is 0.452 e. The fourth-order valence-corrected chi connectivity index (χ4v) is 7.52. The maximum absolute atomic E-state index is 5.83. The van der Waals surface area contributed by atoms with Gasteiger partial charge in [0.1, 0.15) is 0 Å². The Bertz CT molecular complexity index is 1530. The summed E-state index contributed by atoms with van der Waals surface area (Å²) in [5, 5.41) is 1.21. The van der Waals surface area contributed by atoms with Gasteiger partial charge in [0.05, 0.1) is 0 Å². The van der Waals surface area contributed by atoms with Crippen LogP contribution in [0.5, 0.6) is 0 Å². The molecule has 278 valence electrons. The van der Waals surface area contributed by atoms with Gasteiger partial charge in [0.15, 0.2) is 0 Å². The number of ether oxygens (including phenoxy) is 1. The molecule has 0 unspecified atom stereocenters. The summed E-state index contributed by atoms with van der Waals surface area (Å²) >= 11 is 0. The monoisotopic (exact) mass is 705 g/mol. The van der Waals surface area contributed by atoms with Crippen LogP contribution >= 0.6 is 0 Å². The summed E-state index contributed by atoms with van der Waals surface area (Å²) < 4.78 is 10.7. The van der Waals surface area contributed by atoms with Crippen LogP contribution in [0.2, 0.25) is 0 Å². The van der Waals surface area contributed by atoms with Gasteiger partial charge in [-0.25, -0.2) is 0 Å². The molecule has 0 saturated heterocycles. The SMILES string of the molecule is CC(C)(C)c1cc(C(C)(C)C)c(N=[Si]([N-]c2c(C(C)(C)C)cc(C(C)(C)C)cc2C(C)(C)C)c2ccccc2)c(C(C)(C)C)c1.CCOCC.[Li+]. The molecule has 0 amide bonds. The quantitative estimate of drug-likeness (QED) is 0.235. The number of benzene rings is 3. The molecule has 0 N–H and O–H groups in total. The van der Waals surface area contributed by atoms with Gasteiger partial charge in [-0.15, -0.1) is 0 Å². The maximum atomic E-state index is 5.83. The summed E-state index contributed by atoms with van der Waals surface area (Å²) in [6, 6.07) is 20.6. The van der Waals surface area contributed by atoms with Crippen LogP contribution in [-0.4, -0.2) is 22.0 Å². The van der Waals surface area contributed by atoms with Crippen LogP contribution in [-0.2, 0) is 37.2 Å². The molecule has 0 heterocycles. The van der Waals surface area contributed by atoms with Gasteiger partial charge < -0.3 is 14.4 Å². The molecule has 0 fully saturated rings. The average Bonchev–Trinajstić information content (AvgIpc) is 2.94. The fourth-order valence-electron chi connectivity index (χ4n) is 5.82. The van der Waals surface area contributed by atoms with E-state index in [9.17, 15) is 0 Å². The van der Waals surface area contributed by atoms with Crippen LogP contribution in [0.4, 0.5) is 11.4 Å². The van der Waals surface area contributed by atoms with Crippen molar-refractivity contribution in [3.05, 3.63) is 93.0 Å². The van der Waals surface area contributed by atoms with E-state index in [1.54, 1.807) is 0 Å². The Morgan fingerprint density at radius 3 is 1.12 bits per heavy atom. The van der Waals surface area contributed by atoms with Crippen molar-refractivity contribution >= 4 is 25.3 Å². The van der Waals surface area contributed by atoms with Crippen LogP contribution in [0.3, 0.4) is 0 Å². The third-order valence-electron chi connectivity index (χ3n) is 9.06. The van der Waals surface area contributed by atoms with E-state index in [2.05, 4.69) is 179 Å². The van der Waals surface area contributed by atoms with Gasteiger partial charge in [0.25, 0.3) is 0 Å². The maximum Gasteiger partial charge on any atom is 1.00 e. The molecule has 0 aliphatic rings. The second kappa shape index (κ2) is 17.5. The molecular weight excluding hydrogens is 632 g/mol. The van der Waals surface area contributed by atoms with Crippen molar-refractivity contribution in [2.45, 2.75) is 171 Å². The van der Waals surface area contributed by atoms with E-state index < -0.39 is 8.75 Å². The van der Waals surface area contributed by atoms with Crippen molar-refractivity contribution < 1.29 is 23.6 Å². The molecule has 0 aromatic heterocycles. The Balaban J connectivity index is 0.00000202. The Morgan fingerprint density at radius 1 is 0.510 bits per heavy atom. The molecule has 0 radical (unpaired) electrons. The van der Waals surface area contributed by atoms with E-state index in [0.717, 1.165) is 24.6 Å². The number of hydrogen-bond acceptors (Lipinski definition) is 2. The van der Waals surface area contributed by atoms with Crippen LogP contribution in [0.1, 0.15) is 172 Å². The molecule has 0 bridgehead atoms. The normalized spacial score (nSPS) is 13.3. The first-order valence-electron chi connectivity index (χ1n) is 18.9. The van der Waals surface area contributed by atoms with Gasteiger partial charge in [0, 0.05) is 22.0 Å². The fraction of sp³-hybridized carbons (Fsp3) is 0.609. The summed E-state index contributed by atoms with van der Waals surface area (Å²) in [6.45, 7) is 47.5. The van der Waals surface area contributed by atoms with Crippen LogP contribution in [0.25, 0.3) is 4.98 Å². The van der Waals surface area contributed by atoms with E-state index in [-0.39, 0.29) is 51.4 Å². The zero-order valence-corrected chi connectivity index (χ0v) is 37.9. The predicted molar refractivity (Wildman–Crippen MR) is 224 cm³/mol. The topological polar surface area (TPSA) is 35.7 Å². The molecule has 0 atom stereocenters. The van der Waals surface area contributed by atoms with Crippen molar-refractivity contribution in [3.63, 3.8) is 0 Å². The molecule has 3 aromatic rings. The Kier molecular flexibility index (Phi) is 16.1. The first-order valence-corrected chi connectivity index (χ1v) is 20.3.